The van der Waals surface area contributed by atoms with Gasteiger partial charge in [-0.05, 0) is 50.1 Å². The molecule has 4 unspecified atom stereocenters. The van der Waals surface area contributed by atoms with Crippen LogP contribution in [0.15, 0.2) is 0 Å². The number of likely N-dealkylation sites (tertiary alicyclic amines) is 1. The average molecular weight is 268 g/mol. The fraction of sp³-hybridized carbons (Fsp3) is 1.00. The van der Waals surface area contributed by atoms with Gasteiger partial charge in [-0.25, -0.2) is 0 Å². The van der Waals surface area contributed by atoms with Crippen LogP contribution in [-0.2, 0) is 0 Å². The minimum Gasteiger partial charge on any atom is -0.392 e. The molecule has 1 saturated heterocycles. The maximum Gasteiger partial charge on any atom is 0.0693 e. The first-order valence-corrected chi connectivity index (χ1v) is 8.10. The lowest BCUT2D eigenvalue weighted by atomic mass is 9.69. The van der Waals surface area contributed by atoms with Crippen LogP contribution in [0.25, 0.3) is 0 Å². The third-order valence-electron chi connectivity index (χ3n) is 5.30. The topological polar surface area (TPSA) is 35.5 Å². The van der Waals surface area contributed by atoms with Gasteiger partial charge in [-0.1, -0.05) is 26.7 Å². The van der Waals surface area contributed by atoms with E-state index in [1.807, 2.05) is 0 Å². The van der Waals surface area contributed by atoms with Crippen molar-refractivity contribution < 1.29 is 5.11 Å². The number of nitrogens with zero attached hydrogens (tertiary/aromatic N) is 1. The van der Waals surface area contributed by atoms with E-state index in [2.05, 4.69) is 31.1 Å². The van der Waals surface area contributed by atoms with E-state index >= 15 is 0 Å². The van der Waals surface area contributed by atoms with Crippen LogP contribution in [0.4, 0.5) is 0 Å². The van der Waals surface area contributed by atoms with Crippen LogP contribution in [0.2, 0.25) is 0 Å². The second kappa shape index (κ2) is 6.55. The van der Waals surface area contributed by atoms with Crippen molar-refractivity contribution in [2.24, 2.45) is 17.3 Å². The number of aliphatic hydroxyl groups is 1. The van der Waals surface area contributed by atoms with Gasteiger partial charge in [0, 0.05) is 19.6 Å². The quantitative estimate of drug-likeness (QED) is 0.820. The molecule has 19 heavy (non-hydrogen) atoms. The summed E-state index contributed by atoms with van der Waals surface area (Å²) < 4.78 is 0. The van der Waals surface area contributed by atoms with Crippen molar-refractivity contribution in [1.29, 1.82) is 0 Å². The lowest BCUT2D eigenvalue weighted by Crippen LogP contribution is -2.51. The molecule has 1 aliphatic heterocycles. The second-order valence-corrected chi connectivity index (χ2v) is 7.30. The molecule has 2 N–H and O–H groups in total. The van der Waals surface area contributed by atoms with E-state index in [-0.39, 0.29) is 6.10 Å². The zero-order valence-corrected chi connectivity index (χ0v) is 13.0. The molecule has 4 atom stereocenters. The lowest BCUT2D eigenvalue weighted by Gasteiger charge is -2.45. The molecule has 0 bridgehead atoms. The van der Waals surface area contributed by atoms with E-state index in [0.717, 1.165) is 32.0 Å². The van der Waals surface area contributed by atoms with Gasteiger partial charge in [0.15, 0.2) is 0 Å². The molecule has 0 aromatic rings. The van der Waals surface area contributed by atoms with Crippen molar-refractivity contribution in [3.8, 4) is 0 Å². The highest BCUT2D eigenvalue weighted by molar-refractivity contribution is 4.91. The highest BCUT2D eigenvalue weighted by Gasteiger charge is 2.37. The van der Waals surface area contributed by atoms with E-state index < -0.39 is 0 Å². The second-order valence-electron chi connectivity index (χ2n) is 7.30. The summed E-state index contributed by atoms with van der Waals surface area (Å²) in [6.45, 7) is 8.91. The smallest absolute Gasteiger partial charge is 0.0693 e. The molecule has 0 radical (unpaired) electrons. The summed E-state index contributed by atoms with van der Waals surface area (Å²) in [4.78, 5) is 2.51. The van der Waals surface area contributed by atoms with Crippen LogP contribution in [0, 0.1) is 17.3 Å². The third kappa shape index (κ3) is 3.93. The van der Waals surface area contributed by atoms with E-state index in [1.54, 1.807) is 0 Å². The minimum absolute atomic E-state index is 0.124. The normalized spacial score (nSPS) is 41.4. The predicted octanol–water partition coefficient (Wildman–Crippen LogP) is 2.10. The van der Waals surface area contributed by atoms with Crippen LogP contribution in [0.5, 0.6) is 0 Å². The predicted molar refractivity (Wildman–Crippen MR) is 80.2 cm³/mol. The van der Waals surface area contributed by atoms with Gasteiger partial charge in [-0.2, -0.15) is 0 Å². The lowest BCUT2D eigenvalue weighted by molar-refractivity contribution is -0.00220. The monoisotopic (exact) mass is 268 g/mol. The molecule has 3 heteroatoms. The maximum atomic E-state index is 10.1. The molecule has 0 amide bonds. The van der Waals surface area contributed by atoms with Crippen molar-refractivity contribution in [1.82, 2.24) is 10.2 Å². The van der Waals surface area contributed by atoms with Crippen LogP contribution >= 0.6 is 0 Å². The Morgan fingerprint density at radius 2 is 2.11 bits per heavy atom. The molecule has 0 spiro atoms. The van der Waals surface area contributed by atoms with E-state index in [9.17, 15) is 5.11 Å². The first-order chi connectivity index (χ1) is 9.04. The summed E-state index contributed by atoms with van der Waals surface area (Å²) in [5.74, 6) is 1.33. The van der Waals surface area contributed by atoms with Crippen LogP contribution in [-0.4, -0.2) is 49.3 Å². The van der Waals surface area contributed by atoms with Crippen molar-refractivity contribution in [2.45, 2.75) is 52.1 Å². The third-order valence-corrected chi connectivity index (χ3v) is 5.30. The highest BCUT2D eigenvalue weighted by Crippen LogP contribution is 2.40. The largest absolute Gasteiger partial charge is 0.392 e. The van der Waals surface area contributed by atoms with Gasteiger partial charge >= 0.3 is 0 Å². The van der Waals surface area contributed by atoms with Crippen LogP contribution in [0.1, 0.15) is 46.0 Å². The Morgan fingerprint density at radius 3 is 2.74 bits per heavy atom. The minimum atomic E-state index is -0.124. The number of piperidine rings is 1. The molecule has 2 fully saturated rings. The van der Waals surface area contributed by atoms with Crippen LogP contribution in [0.3, 0.4) is 0 Å². The zero-order valence-electron chi connectivity index (χ0n) is 13.0. The molecule has 2 rings (SSSR count). The fourth-order valence-electron chi connectivity index (χ4n) is 4.24. The Balaban J connectivity index is 1.96. The van der Waals surface area contributed by atoms with Gasteiger partial charge in [0.05, 0.1) is 6.10 Å². The van der Waals surface area contributed by atoms with Gasteiger partial charge in [0.1, 0.15) is 0 Å². The Labute approximate surface area is 118 Å². The van der Waals surface area contributed by atoms with Gasteiger partial charge in [-0.15, -0.1) is 0 Å². The number of rotatable bonds is 4. The molecular weight excluding hydrogens is 236 g/mol. The Morgan fingerprint density at radius 1 is 1.32 bits per heavy atom. The molecule has 0 aromatic heterocycles. The number of hydrogen-bond donors (Lipinski definition) is 2. The summed E-state index contributed by atoms with van der Waals surface area (Å²) >= 11 is 0. The highest BCUT2D eigenvalue weighted by atomic mass is 16.3. The zero-order chi connectivity index (χ0) is 13.9. The van der Waals surface area contributed by atoms with Gasteiger partial charge in [0.2, 0.25) is 0 Å². The molecule has 1 heterocycles. The van der Waals surface area contributed by atoms with E-state index in [0.29, 0.717) is 11.3 Å². The van der Waals surface area contributed by atoms with Crippen molar-refractivity contribution in [2.75, 3.05) is 33.2 Å². The molecule has 0 aromatic carbocycles. The molecule has 1 saturated carbocycles. The van der Waals surface area contributed by atoms with E-state index in [1.165, 1.54) is 32.2 Å². The molecule has 112 valence electrons. The Kier molecular flexibility index (Phi) is 5.27. The summed E-state index contributed by atoms with van der Waals surface area (Å²) in [6, 6.07) is 0. The van der Waals surface area contributed by atoms with Gasteiger partial charge in [0.25, 0.3) is 0 Å². The first-order valence-electron chi connectivity index (χ1n) is 8.10. The summed E-state index contributed by atoms with van der Waals surface area (Å²) in [7, 11) is 2.08. The average Bonchev–Trinajstić information content (AvgIpc) is 2.34. The number of β-amino-alcohol motifs (C(OH)–C–C–N with tert-alkyl or cyclic N) is 1. The first kappa shape index (κ1) is 15.3. The Hall–Kier alpha value is -0.120. The van der Waals surface area contributed by atoms with Gasteiger partial charge in [-0.3, -0.25) is 0 Å². The van der Waals surface area contributed by atoms with E-state index in [4.69, 9.17) is 0 Å². The number of hydrogen-bond acceptors (Lipinski definition) is 3. The standard InChI is InChI=1S/C16H32N2O/c1-13-5-4-7-16(9-13,11-17-3)12-18-8-6-14(2)15(19)10-18/h13-15,17,19H,4-12H2,1-3H3. The Bertz CT molecular complexity index is 280. The molecule has 2 aliphatic rings. The van der Waals surface area contributed by atoms with Crippen LogP contribution < -0.4 is 5.32 Å². The molecule has 3 nitrogen and oxygen atoms in total. The SMILES string of the molecule is CNCC1(CN2CCC(C)C(O)C2)CCCC(C)C1. The summed E-state index contributed by atoms with van der Waals surface area (Å²) in [5.41, 5.74) is 0.437. The summed E-state index contributed by atoms with van der Waals surface area (Å²) in [6.07, 6.45) is 6.48. The summed E-state index contributed by atoms with van der Waals surface area (Å²) in [5, 5.41) is 13.5. The van der Waals surface area contributed by atoms with Gasteiger partial charge < -0.3 is 15.3 Å². The van der Waals surface area contributed by atoms with Crippen molar-refractivity contribution >= 4 is 0 Å². The molecule has 1 aliphatic carbocycles. The fourth-order valence-corrected chi connectivity index (χ4v) is 4.24. The number of nitrogens with one attached hydrogen (secondary N) is 1. The van der Waals surface area contributed by atoms with Crippen molar-refractivity contribution in [3.05, 3.63) is 0 Å². The van der Waals surface area contributed by atoms with Crippen molar-refractivity contribution in [3.63, 3.8) is 0 Å². The molecular formula is C16H32N2O. The maximum absolute atomic E-state index is 10.1. The number of aliphatic hydroxyl groups excluding tert-OH is 1.